The first-order chi connectivity index (χ1) is 16.5. The molecule has 186 valence electrons. The van der Waals surface area contributed by atoms with Crippen molar-refractivity contribution < 1.29 is 9.53 Å². The number of hydrogen-bond donors (Lipinski definition) is 1. The molecule has 0 aliphatic carbocycles. The molecule has 0 radical (unpaired) electrons. The lowest BCUT2D eigenvalue weighted by Crippen LogP contribution is -2.48. The van der Waals surface area contributed by atoms with Gasteiger partial charge in [0.1, 0.15) is 5.75 Å². The first kappa shape index (κ1) is 26.9. The lowest BCUT2D eigenvalue weighted by atomic mass is 10.1. The van der Waals surface area contributed by atoms with Gasteiger partial charge in [-0.25, -0.2) is 9.67 Å². The fourth-order valence-electron chi connectivity index (χ4n) is 3.36. The van der Waals surface area contributed by atoms with Crippen LogP contribution in [0.1, 0.15) is 31.5 Å². The zero-order valence-electron chi connectivity index (χ0n) is 19.8. The van der Waals surface area contributed by atoms with E-state index < -0.39 is 10.0 Å². The molecule has 1 aromatic heterocycles. The number of ether oxygens (including phenoxy) is 1. The van der Waals surface area contributed by atoms with Crippen LogP contribution in [0, 0.1) is 12.8 Å². The fourth-order valence-corrected chi connectivity index (χ4v) is 3.66. The van der Waals surface area contributed by atoms with Crippen LogP contribution in [0.2, 0.25) is 0 Å². The molecule has 1 heterocycles. The number of carbonyl (C=O) groups excluding carboxylic acids is 1. The Morgan fingerprint density at radius 2 is 1.74 bits per heavy atom. The third-order valence-corrected chi connectivity index (χ3v) is 5.78. The molecule has 7 nitrogen and oxygen atoms in total. The van der Waals surface area contributed by atoms with Crippen LogP contribution >= 0.6 is 34.8 Å². The molecule has 0 saturated heterocycles. The van der Waals surface area contributed by atoms with Gasteiger partial charge in [-0.1, -0.05) is 66.8 Å². The number of aliphatic imine (C=N–C) groups is 1. The summed E-state index contributed by atoms with van der Waals surface area (Å²) in [6, 6.07) is 16.2. The van der Waals surface area contributed by atoms with Crippen LogP contribution in [-0.4, -0.2) is 31.5 Å². The number of carbonyl (C=O) groups is 1. The molecule has 0 fully saturated rings. The summed E-state index contributed by atoms with van der Waals surface area (Å²) in [4.78, 5) is 29.6. The largest absolute Gasteiger partial charge is 0.466 e. The summed E-state index contributed by atoms with van der Waals surface area (Å²) in [5, 5.41) is 2.61. The second-order valence-corrected chi connectivity index (χ2v) is 10.8. The highest BCUT2D eigenvalue weighted by atomic mass is 35.6. The predicted molar refractivity (Wildman–Crippen MR) is 142 cm³/mol. The minimum atomic E-state index is -1.86. The van der Waals surface area contributed by atoms with Crippen LogP contribution in [-0.2, 0) is 11.8 Å². The topological polar surface area (TPSA) is 77.6 Å². The summed E-state index contributed by atoms with van der Waals surface area (Å²) in [6.45, 7) is 5.67. The highest BCUT2D eigenvalue weighted by molar-refractivity contribution is 6.68. The van der Waals surface area contributed by atoms with Gasteiger partial charge >= 0.3 is 0 Å². The van der Waals surface area contributed by atoms with E-state index in [1.54, 1.807) is 39.8 Å². The van der Waals surface area contributed by atoms with E-state index in [1.807, 2.05) is 58.2 Å². The maximum atomic E-state index is 13.0. The van der Waals surface area contributed by atoms with Gasteiger partial charge in [0, 0.05) is 19.7 Å². The van der Waals surface area contributed by atoms with Crippen LogP contribution in [0.3, 0.4) is 0 Å². The number of aromatic nitrogens is 2. The molecule has 3 aromatic rings. The Balaban J connectivity index is 1.77. The van der Waals surface area contributed by atoms with Gasteiger partial charge in [0.15, 0.2) is 5.69 Å². The van der Waals surface area contributed by atoms with Gasteiger partial charge in [-0.2, -0.15) is 0 Å². The molecule has 1 amide bonds. The van der Waals surface area contributed by atoms with Gasteiger partial charge in [-0.3, -0.25) is 14.3 Å². The monoisotopic (exact) mass is 536 g/mol. The van der Waals surface area contributed by atoms with Crippen molar-refractivity contribution in [1.82, 2.24) is 14.7 Å². The number of halogens is 3. The van der Waals surface area contributed by atoms with Crippen LogP contribution in [0.25, 0.3) is 5.69 Å². The van der Waals surface area contributed by atoms with E-state index in [9.17, 15) is 9.59 Å². The van der Waals surface area contributed by atoms with Crippen molar-refractivity contribution in [1.29, 1.82) is 0 Å². The van der Waals surface area contributed by atoms with Crippen molar-refractivity contribution in [3.05, 3.63) is 76.2 Å². The Kier molecular flexibility index (Phi) is 8.70. The van der Waals surface area contributed by atoms with Gasteiger partial charge in [-0.15, -0.1) is 0 Å². The zero-order chi connectivity index (χ0) is 25.8. The summed E-state index contributed by atoms with van der Waals surface area (Å²) < 4.78 is 7.20. The third-order valence-electron chi connectivity index (χ3n) is 5.18. The molecule has 1 N–H and O–H groups in total. The number of nitrogens with one attached hydrogen (secondary N) is 1. The number of benzene rings is 2. The summed E-state index contributed by atoms with van der Waals surface area (Å²) in [7, 11) is 1.82. The minimum Gasteiger partial charge on any atom is -0.466 e. The SMILES string of the molecule is Cc1c(N=Cc2ccc(OC(NC(=O)CC(C)C)C(Cl)(Cl)Cl)cc2)c(=O)n(-c2ccccc2)n1C. The van der Waals surface area contributed by atoms with Crippen LogP contribution in [0.5, 0.6) is 5.75 Å². The fraction of sp³-hybridized carbons (Fsp3) is 0.320. The second-order valence-electron chi connectivity index (χ2n) is 8.44. The van der Waals surface area contributed by atoms with Gasteiger partial charge in [0.2, 0.25) is 15.9 Å². The number of alkyl halides is 3. The summed E-state index contributed by atoms with van der Waals surface area (Å²) in [5.41, 5.74) is 2.36. The number of rotatable bonds is 8. The maximum Gasteiger partial charge on any atom is 0.297 e. The number of nitrogens with zero attached hydrogens (tertiary/aromatic N) is 3. The van der Waals surface area contributed by atoms with Gasteiger partial charge in [-0.05, 0) is 54.8 Å². The van der Waals surface area contributed by atoms with Gasteiger partial charge in [0.05, 0.1) is 11.4 Å². The van der Waals surface area contributed by atoms with E-state index in [2.05, 4.69) is 10.3 Å². The summed E-state index contributed by atoms with van der Waals surface area (Å²) >= 11 is 18.0. The molecule has 35 heavy (non-hydrogen) atoms. The molecule has 0 spiro atoms. The van der Waals surface area contributed by atoms with Gasteiger partial charge in [0.25, 0.3) is 5.56 Å². The molecule has 3 rings (SSSR count). The number of hydrogen-bond acceptors (Lipinski definition) is 4. The Morgan fingerprint density at radius 1 is 1.11 bits per heavy atom. The van der Waals surface area contributed by atoms with Crippen LogP contribution in [0.4, 0.5) is 5.69 Å². The van der Waals surface area contributed by atoms with Gasteiger partial charge < -0.3 is 10.1 Å². The molecule has 2 aromatic carbocycles. The average Bonchev–Trinajstić information content (AvgIpc) is 3.00. The highest BCUT2D eigenvalue weighted by Crippen LogP contribution is 2.32. The Hall–Kier alpha value is -2.74. The zero-order valence-corrected chi connectivity index (χ0v) is 22.1. The Morgan fingerprint density at radius 3 is 2.31 bits per heavy atom. The first-order valence-corrected chi connectivity index (χ1v) is 12.1. The Bertz CT molecular complexity index is 1240. The van der Waals surface area contributed by atoms with Crippen LogP contribution < -0.4 is 15.6 Å². The average molecular weight is 538 g/mol. The molecule has 10 heteroatoms. The number of para-hydroxylation sites is 1. The van der Waals surface area contributed by atoms with E-state index in [0.717, 1.165) is 16.9 Å². The van der Waals surface area contributed by atoms with E-state index in [4.69, 9.17) is 39.5 Å². The van der Waals surface area contributed by atoms with Crippen molar-refractivity contribution in [2.45, 2.75) is 37.2 Å². The molecule has 1 unspecified atom stereocenters. The van der Waals surface area contributed by atoms with Crippen molar-refractivity contribution >= 4 is 52.6 Å². The minimum absolute atomic E-state index is 0.148. The van der Waals surface area contributed by atoms with E-state index in [1.165, 1.54) is 0 Å². The summed E-state index contributed by atoms with van der Waals surface area (Å²) in [5.74, 6) is 0.264. The standard InChI is InChI=1S/C25H27Cl3N4O3/c1-16(2)14-21(33)30-24(25(26,27)28)35-20-12-10-18(11-13-20)15-29-22-17(3)31(4)32(23(22)34)19-8-6-5-7-9-19/h5-13,15-16,24H,14H2,1-4H3,(H,30,33). The van der Waals surface area contributed by atoms with Crippen molar-refractivity contribution in [2.75, 3.05) is 0 Å². The lowest BCUT2D eigenvalue weighted by Gasteiger charge is -2.26. The lowest BCUT2D eigenvalue weighted by molar-refractivity contribution is -0.124. The second kappa shape index (κ2) is 11.3. The smallest absolute Gasteiger partial charge is 0.297 e. The van der Waals surface area contributed by atoms with E-state index >= 15 is 0 Å². The predicted octanol–water partition coefficient (Wildman–Crippen LogP) is 5.47. The van der Waals surface area contributed by atoms with Crippen molar-refractivity contribution in [3.63, 3.8) is 0 Å². The first-order valence-electron chi connectivity index (χ1n) is 11.0. The summed E-state index contributed by atoms with van der Waals surface area (Å²) in [6.07, 6.45) is 0.710. The third kappa shape index (κ3) is 6.90. The molecule has 1 atom stereocenters. The molecular weight excluding hydrogens is 511 g/mol. The number of amides is 1. The molecule has 0 bridgehead atoms. The molecule has 0 aliphatic rings. The van der Waals surface area contributed by atoms with Crippen molar-refractivity contribution in [3.8, 4) is 11.4 Å². The molecule has 0 aliphatic heterocycles. The maximum absolute atomic E-state index is 13.0. The van der Waals surface area contributed by atoms with Crippen LogP contribution in [0.15, 0.2) is 64.4 Å². The van der Waals surface area contributed by atoms with E-state index in [0.29, 0.717) is 11.4 Å². The molecule has 0 saturated carbocycles. The van der Waals surface area contributed by atoms with E-state index in [-0.39, 0.29) is 23.8 Å². The van der Waals surface area contributed by atoms with Crippen molar-refractivity contribution in [2.24, 2.45) is 18.0 Å². The normalized spacial score (nSPS) is 12.8. The molecular formula is C25H27Cl3N4O3. The highest BCUT2D eigenvalue weighted by Gasteiger charge is 2.36. The quantitative estimate of drug-likeness (QED) is 0.235. The Labute approximate surface area is 219 Å².